The van der Waals surface area contributed by atoms with Crippen LogP contribution in [0.2, 0.25) is 0 Å². The van der Waals surface area contributed by atoms with E-state index in [9.17, 15) is 4.79 Å². The molecule has 2 atom stereocenters. The van der Waals surface area contributed by atoms with Crippen LogP contribution in [0.3, 0.4) is 0 Å². The first-order valence-corrected chi connectivity index (χ1v) is 5.96. The van der Waals surface area contributed by atoms with Crippen molar-refractivity contribution in [3.05, 3.63) is 0 Å². The number of methoxy groups -OCH3 is 1. The first-order valence-electron chi connectivity index (χ1n) is 5.96. The van der Waals surface area contributed by atoms with Gasteiger partial charge in [0.1, 0.15) is 5.78 Å². The van der Waals surface area contributed by atoms with E-state index in [1.54, 1.807) is 7.11 Å². The van der Waals surface area contributed by atoms with Crippen molar-refractivity contribution in [2.24, 2.45) is 11.8 Å². The van der Waals surface area contributed by atoms with Gasteiger partial charge in [-0.15, -0.1) is 0 Å². The number of carbonyl (C=O) groups excluding carboxylic acids is 1. The number of hydrogen-bond donors (Lipinski definition) is 1. The lowest BCUT2D eigenvalue weighted by atomic mass is 9.89. The summed E-state index contributed by atoms with van der Waals surface area (Å²) < 4.78 is 4.99. The molecule has 1 N–H and O–H groups in total. The lowest BCUT2D eigenvalue weighted by Crippen LogP contribution is -2.32. The summed E-state index contributed by atoms with van der Waals surface area (Å²) >= 11 is 0. The molecule has 15 heavy (non-hydrogen) atoms. The van der Waals surface area contributed by atoms with Gasteiger partial charge in [-0.1, -0.05) is 6.92 Å². The van der Waals surface area contributed by atoms with Crippen LogP contribution in [0.15, 0.2) is 0 Å². The van der Waals surface area contributed by atoms with Crippen LogP contribution < -0.4 is 5.32 Å². The molecule has 0 amide bonds. The fraction of sp³-hybridized carbons (Fsp3) is 0.917. The van der Waals surface area contributed by atoms with E-state index in [1.165, 1.54) is 12.8 Å². The van der Waals surface area contributed by atoms with E-state index < -0.39 is 0 Å². The third-order valence-electron chi connectivity index (χ3n) is 3.19. The molecule has 3 nitrogen and oxygen atoms in total. The zero-order valence-corrected chi connectivity index (χ0v) is 9.92. The third kappa shape index (κ3) is 4.76. The summed E-state index contributed by atoms with van der Waals surface area (Å²) in [6.45, 7) is 4.83. The summed E-state index contributed by atoms with van der Waals surface area (Å²) in [5, 5.41) is 3.35. The van der Waals surface area contributed by atoms with Gasteiger partial charge in [0, 0.05) is 26.1 Å². The minimum absolute atomic E-state index is 0.159. The molecule has 2 unspecified atom stereocenters. The molecule has 1 heterocycles. The molecule has 1 fully saturated rings. The highest BCUT2D eigenvalue weighted by molar-refractivity contribution is 5.80. The number of rotatable bonds is 6. The van der Waals surface area contributed by atoms with Crippen LogP contribution in [0.1, 0.15) is 32.6 Å². The average molecular weight is 213 g/mol. The molecule has 1 rings (SSSR count). The van der Waals surface area contributed by atoms with E-state index in [0.29, 0.717) is 18.3 Å². The Labute approximate surface area is 92.6 Å². The van der Waals surface area contributed by atoms with Gasteiger partial charge in [0.2, 0.25) is 0 Å². The molecule has 0 spiro atoms. The van der Waals surface area contributed by atoms with Gasteiger partial charge >= 0.3 is 0 Å². The van der Waals surface area contributed by atoms with Gasteiger partial charge < -0.3 is 10.1 Å². The first kappa shape index (κ1) is 12.7. The molecule has 0 aliphatic carbocycles. The molecule has 0 aromatic rings. The fourth-order valence-electron chi connectivity index (χ4n) is 2.04. The van der Waals surface area contributed by atoms with Gasteiger partial charge in [0.25, 0.3) is 0 Å². The highest BCUT2D eigenvalue weighted by Crippen LogP contribution is 2.18. The van der Waals surface area contributed by atoms with E-state index in [-0.39, 0.29) is 5.92 Å². The van der Waals surface area contributed by atoms with Crippen LogP contribution >= 0.6 is 0 Å². The van der Waals surface area contributed by atoms with Crippen molar-refractivity contribution in [2.45, 2.75) is 32.6 Å². The van der Waals surface area contributed by atoms with E-state index in [4.69, 9.17) is 4.74 Å². The Kier molecular flexibility index (Phi) is 5.88. The fourth-order valence-corrected chi connectivity index (χ4v) is 2.04. The maximum atomic E-state index is 11.8. The largest absolute Gasteiger partial charge is 0.385 e. The third-order valence-corrected chi connectivity index (χ3v) is 3.19. The molecule has 88 valence electrons. The van der Waals surface area contributed by atoms with E-state index in [1.807, 2.05) is 6.92 Å². The monoisotopic (exact) mass is 213 g/mol. The van der Waals surface area contributed by atoms with Crippen LogP contribution in [-0.2, 0) is 9.53 Å². The Morgan fingerprint density at radius 3 is 3.00 bits per heavy atom. The second-order valence-electron chi connectivity index (χ2n) is 4.57. The van der Waals surface area contributed by atoms with E-state index in [0.717, 1.165) is 25.9 Å². The quantitative estimate of drug-likeness (QED) is 0.728. The van der Waals surface area contributed by atoms with Crippen LogP contribution in [0.4, 0.5) is 0 Å². The van der Waals surface area contributed by atoms with E-state index in [2.05, 4.69) is 5.32 Å². The molecule has 3 heteroatoms. The standard InChI is InChI=1S/C12H23NO2/c1-10(5-7-15-2)12(14)8-11-4-3-6-13-9-11/h10-11,13H,3-9H2,1-2H3. The lowest BCUT2D eigenvalue weighted by Gasteiger charge is -2.23. The van der Waals surface area contributed by atoms with Crippen LogP contribution in [0, 0.1) is 11.8 Å². The van der Waals surface area contributed by atoms with Crippen molar-refractivity contribution < 1.29 is 9.53 Å². The zero-order chi connectivity index (χ0) is 11.1. The maximum absolute atomic E-state index is 11.8. The minimum atomic E-state index is 0.159. The molecule has 0 radical (unpaired) electrons. The topological polar surface area (TPSA) is 38.3 Å². The van der Waals surface area contributed by atoms with Gasteiger partial charge in [0.15, 0.2) is 0 Å². The molecule has 1 aliphatic rings. The summed E-state index contributed by atoms with van der Waals surface area (Å²) in [5.74, 6) is 1.13. The van der Waals surface area contributed by atoms with Crippen molar-refractivity contribution in [3.8, 4) is 0 Å². The van der Waals surface area contributed by atoms with E-state index >= 15 is 0 Å². The number of hydrogen-bond acceptors (Lipinski definition) is 3. The zero-order valence-electron chi connectivity index (χ0n) is 9.92. The Hall–Kier alpha value is -0.410. The molecule has 1 aliphatic heterocycles. The van der Waals surface area contributed by atoms with Crippen molar-refractivity contribution in [1.29, 1.82) is 0 Å². The predicted molar refractivity (Wildman–Crippen MR) is 60.9 cm³/mol. The Morgan fingerprint density at radius 2 is 2.40 bits per heavy atom. The summed E-state index contributed by atoms with van der Waals surface area (Å²) in [6, 6.07) is 0. The smallest absolute Gasteiger partial charge is 0.136 e. The van der Waals surface area contributed by atoms with Crippen molar-refractivity contribution in [1.82, 2.24) is 5.32 Å². The van der Waals surface area contributed by atoms with Crippen molar-refractivity contribution >= 4 is 5.78 Å². The Bertz CT molecular complexity index is 188. The summed E-state index contributed by atoms with van der Waals surface area (Å²) in [6.07, 6.45) is 4.02. The highest BCUT2D eigenvalue weighted by Gasteiger charge is 2.20. The molecular formula is C12H23NO2. The van der Waals surface area contributed by atoms with Gasteiger partial charge in [-0.3, -0.25) is 4.79 Å². The minimum Gasteiger partial charge on any atom is -0.385 e. The number of nitrogens with one attached hydrogen (secondary N) is 1. The second kappa shape index (κ2) is 6.96. The van der Waals surface area contributed by atoms with Crippen molar-refractivity contribution in [3.63, 3.8) is 0 Å². The van der Waals surface area contributed by atoms with Crippen LogP contribution in [0.25, 0.3) is 0 Å². The number of ether oxygens (including phenoxy) is 1. The number of carbonyl (C=O) groups is 1. The van der Waals surface area contributed by atoms with Gasteiger partial charge in [-0.25, -0.2) is 0 Å². The Morgan fingerprint density at radius 1 is 1.60 bits per heavy atom. The van der Waals surface area contributed by atoms with Crippen molar-refractivity contribution in [2.75, 3.05) is 26.8 Å². The van der Waals surface area contributed by atoms with Crippen LogP contribution in [-0.4, -0.2) is 32.6 Å². The SMILES string of the molecule is COCCC(C)C(=O)CC1CCCNC1. The molecule has 0 aromatic carbocycles. The highest BCUT2D eigenvalue weighted by atomic mass is 16.5. The van der Waals surface area contributed by atoms with Gasteiger partial charge in [-0.05, 0) is 38.3 Å². The molecule has 1 saturated heterocycles. The maximum Gasteiger partial charge on any atom is 0.136 e. The molecule has 0 aromatic heterocycles. The number of ketones is 1. The normalized spacial score (nSPS) is 23.7. The van der Waals surface area contributed by atoms with Gasteiger partial charge in [-0.2, -0.15) is 0 Å². The van der Waals surface area contributed by atoms with Crippen LogP contribution in [0.5, 0.6) is 0 Å². The number of Topliss-reactive ketones (excluding diaryl/α,β-unsaturated/α-hetero) is 1. The number of piperidine rings is 1. The molecular weight excluding hydrogens is 190 g/mol. The predicted octanol–water partition coefficient (Wildman–Crippen LogP) is 1.62. The summed E-state index contributed by atoms with van der Waals surface area (Å²) in [7, 11) is 1.68. The second-order valence-corrected chi connectivity index (χ2v) is 4.57. The molecule has 0 saturated carbocycles. The lowest BCUT2D eigenvalue weighted by molar-refractivity contribution is -0.123. The first-order chi connectivity index (χ1) is 7.24. The van der Waals surface area contributed by atoms with Gasteiger partial charge in [0.05, 0.1) is 0 Å². The Balaban J connectivity index is 2.20. The average Bonchev–Trinajstić information content (AvgIpc) is 2.27. The summed E-state index contributed by atoms with van der Waals surface area (Å²) in [5.41, 5.74) is 0. The molecule has 0 bridgehead atoms. The summed E-state index contributed by atoms with van der Waals surface area (Å²) in [4.78, 5) is 11.8.